The SMILES string of the molecule is COc1cccc2cc(Cc3ccc(F)cc3)cnc12. The normalized spacial score (nSPS) is 10.7. The van der Waals surface area contributed by atoms with Crippen LogP contribution in [0.3, 0.4) is 0 Å². The molecule has 0 aliphatic carbocycles. The lowest BCUT2D eigenvalue weighted by molar-refractivity contribution is 0.419. The Hall–Kier alpha value is -2.42. The monoisotopic (exact) mass is 267 g/mol. The Bertz CT molecular complexity index is 738. The van der Waals surface area contributed by atoms with Crippen molar-refractivity contribution in [1.29, 1.82) is 0 Å². The molecule has 0 bridgehead atoms. The molecule has 0 atom stereocenters. The Morgan fingerprint density at radius 1 is 1.05 bits per heavy atom. The second kappa shape index (κ2) is 5.29. The lowest BCUT2D eigenvalue weighted by Gasteiger charge is -2.07. The Morgan fingerprint density at radius 2 is 1.85 bits per heavy atom. The molecule has 0 unspecified atom stereocenters. The second-order valence-electron chi connectivity index (χ2n) is 4.68. The molecule has 0 N–H and O–H groups in total. The van der Waals surface area contributed by atoms with Gasteiger partial charge < -0.3 is 4.74 Å². The first-order valence-electron chi connectivity index (χ1n) is 6.42. The van der Waals surface area contributed by atoms with Crippen LogP contribution in [0, 0.1) is 5.82 Å². The van der Waals surface area contributed by atoms with Gasteiger partial charge >= 0.3 is 0 Å². The minimum Gasteiger partial charge on any atom is -0.494 e. The minimum absolute atomic E-state index is 0.213. The highest BCUT2D eigenvalue weighted by Crippen LogP contribution is 2.24. The maximum absolute atomic E-state index is 12.9. The van der Waals surface area contributed by atoms with Gasteiger partial charge in [-0.1, -0.05) is 24.3 Å². The number of benzene rings is 2. The Balaban J connectivity index is 1.95. The zero-order valence-electron chi connectivity index (χ0n) is 11.1. The summed E-state index contributed by atoms with van der Waals surface area (Å²) in [4.78, 5) is 4.47. The van der Waals surface area contributed by atoms with Crippen molar-refractivity contribution in [1.82, 2.24) is 4.98 Å². The molecule has 3 rings (SSSR count). The average molecular weight is 267 g/mol. The highest BCUT2D eigenvalue weighted by Gasteiger charge is 2.04. The molecule has 2 nitrogen and oxygen atoms in total. The Kier molecular flexibility index (Phi) is 3.33. The summed E-state index contributed by atoms with van der Waals surface area (Å²) in [6.07, 6.45) is 2.58. The van der Waals surface area contributed by atoms with Gasteiger partial charge in [0.05, 0.1) is 7.11 Å². The Morgan fingerprint density at radius 3 is 2.60 bits per heavy atom. The van der Waals surface area contributed by atoms with Crippen LogP contribution < -0.4 is 4.74 Å². The van der Waals surface area contributed by atoms with E-state index in [4.69, 9.17) is 4.74 Å². The van der Waals surface area contributed by atoms with E-state index in [1.807, 2.05) is 24.4 Å². The number of pyridine rings is 1. The molecule has 0 aliphatic rings. The van der Waals surface area contributed by atoms with Crippen LogP contribution in [0.1, 0.15) is 11.1 Å². The van der Waals surface area contributed by atoms with Gasteiger partial charge in [-0.25, -0.2) is 4.39 Å². The van der Waals surface area contributed by atoms with Crippen molar-refractivity contribution in [3.05, 3.63) is 71.7 Å². The van der Waals surface area contributed by atoms with Gasteiger partial charge in [0, 0.05) is 11.6 Å². The van der Waals surface area contributed by atoms with Gasteiger partial charge in [-0.3, -0.25) is 4.98 Å². The van der Waals surface area contributed by atoms with Crippen LogP contribution in [0.5, 0.6) is 5.75 Å². The van der Waals surface area contributed by atoms with E-state index in [2.05, 4.69) is 11.1 Å². The van der Waals surface area contributed by atoms with E-state index in [1.54, 1.807) is 19.2 Å². The van der Waals surface area contributed by atoms with Gasteiger partial charge in [-0.15, -0.1) is 0 Å². The van der Waals surface area contributed by atoms with Gasteiger partial charge in [-0.2, -0.15) is 0 Å². The molecule has 0 fully saturated rings. The fraction of sp³-hybridized carbons (Fsp3) is 0.118. The van der Waals surface area contributed by atoms with Gasteiger partial charge in [0.25, 0.3) is 0 Å². The number of fused-ring (bicyclic) bond motifs is 1. The molecule has 3 heteroatoms. The van der Waals surface area contributed by atoms with E-state index in [0.717, 1.165) is 34.2 Å². The zero-order chi connectivity index (χ0) is 13.9. The highest BCUT2D eigenvalue weighted by atomic mass is 19.1. The summed E-state index contributed by atoms with van der Waals surface area (Å²) in [7, 11) is 1.64. The number of nitrogens with zero attached hydrogens (tertiary/aromatic N) is 1. The summed E-state index contributed by atoms with van der Waals surface area (Å²) in [5, 5.41) is 1.05. The second-order valence-corrected chi connectivity index (χ2v) is 4.68. The Labute approximate surface area is 116 Å². The van der Waals surface area contributed by atoms with Gasteiger partial charge in [0.15, 0.2) is 0 Å². The molecule has 2 aromatic carbocycles. The third kappa shape index (κ3) is 2.48. The molecule has 0 radical (unpaired) electrons. The number of rotatable bonds is 3. The number of aromatic nitrogens is 1. The molecule has 0 spiro atoms. The van der Waals surface area contributed by atoms with Gasteiger partial charge in [0.2, 0.25) is 0 Å². The molecule has 0 amide bonds. The molecule has 0 saturated carbocycles. The van der Waals surface area contributed by atoms with Crippen molar-refractivity contribution in [3.63, 3.8) is 0 Å². The van der Waals surface area contributed by atoms with E-state index in [0.29, 0.717) is 0 Å². The van der Waals surface area contributed by atoms with Crippen molar-refractivity contribution in [2.24, 2.45) is 0 Å². The maximum Gasteiger partial charge on any atom is 0.145 e. The fourth-order valence-corrected chi connectivity index (χ4v) is 2.28. The van der Waals surface area contributed by atoms with Crippen molar-refractivity contribution < 1.29 is 9.13 Å². The standard InChI is InChI=1S/C17H14FNO/c1-20-16-4-2-3-14-10-13(11-19-17(14)16)9-12-5-7-15(18)8-6-12/h2-8,10-11H,9H2,1H3. The predicted octanol–water partition coefficient (Wildman–Crippen LogP) is 3.97. The van der Waals surface area contributed by atoms with Gasteiger partial charge in [-0.05, 0) is 41.8 Å². The molecular weight excluding hydrogens is 253 g/mol. The van der Waals surface area contributed by atoms with Crippen molar-refractivity contribution in [2.45, 2.75) is 6.42 Å². The highest BCUT2D eigenvalue weighted by molar-refractivity contribution is 5.84. The first-order valence-corrected chi connectivity index (χ1v) is 6.42. The molecule has 100 valence electrons. The van der Waals surface area contributed by atoms with Crippen LogP contribution in [0.25, 0.3) is 10.9 Å². The van der Waals surface area contributed by atoms with Crippen molar-refractivity contribution in [2.75, 3.05) is 7.11 Å². The van der Waals surface area contributed by atoms with E-state index in [1.165, 1.54) is 12.1 Å². The smallest absolute Gasteiger partial charge is 0.145 e. The number of hydrogen-bond acceptors (Lipinski definition) is 2. The van der Waals surface area contributed by atoms with Crippen LogP contribution in [-0.2, 0) is 6.42 Å². The molecule has 3 aromatic rings. The summed E-state index contributed by atoms with van der Waals surface area (Å²) in [6, 6.07) is 14.5. The van der Waals surface area contributed by atoms with E-state index < -0.39 is 0 Å². The summed E-state index contributed by atoms with van der Waals surface area (Å²) in [5.41, 5.74) is 3.02. The van der Waals surface area contributed by atoms with Crippen LogP contribution in [0.15, 0.2) is 54.7 Å². The summed E-state index contributed by atoms with van der Waals surface area (Å²) < 4.78 is 18.2. The van der Waals surface area contributed by atoms with Crippen molar-refractivity contribution >= 4 is 10.9 Å². The topological polar surface area (TPSA) is 22.1 Å². The van der Waals surface area contributed by atoms with Crippen LogP contribution >= 0.6 is 0 Å². The first-order chi connectivity index (χ1) is 9.76. The third-order valence-corrected chi connectivity index (χ3v) is 3.27. The van der Waals surface area contributed by atoms with Crippen LogP contribution in [0.4, 0.5) is 4.39 Å². The predicted molar refractivity (Wildman–Crippen MR) is 77.5 cm³/mol. The molecule has 0 saturated heterocycles. The lowest BCUT2D eigenvalue weighted by Crippen LogP contribution is -1.92. The minimum atomic E-state index is -0.213. The van der Waals surface area contributed by atoms with E-state index in [9.17, 15) is 4.39 Å². The van der Waals surface area contributed by atoms with Gasteiger partial charge in [0.1, 0.15) is 17.1 Å². The summed E-state index contributed by atoms with van der Waals surface area (Å²) in [6.45, 7) is 0. The molecule has 0 aliphatic heterocycles. The van der Waals surface area contributed by atoms with Crippen LogP contribution in [0.2, 0.25) is 0 Å². The largest absolute Gasteiger partial charge is 0.494 e. The maximum atomic E-state index is 12.9. The molecule has 20 heavy (non-hydrogen) atoms. The number of methoxy groups -OCH3 is 1. The number of ether oxygens (including phenoxy) is 1. The molecule has 1 aromatic heterocycles. The zero-order valence-corrected chi connectivity index (χ0v) is 11.1. The third-order valence-electron chi connectivity index (χ3n) is 3.27. The average Bonchev–Trinajstić information content (AvgIpc) is 2.49. The number of hydrogen-bond donors (Lipinski definition) is 0. The van der Waals surface area contributed by atoms with E-state index in [-0.39, 0.29) is 5.82 Å². The van der Waals surface area contributed by atoms with E-state index >= 15 is 0 Å². The fourth-order valence-electron chi connectivity index (χ4n) is 2.28. The van der Waals surface area contributed by atoms with Crippen LogP contribution in [-0.4, -0.2) is 12.1 Å². The first kappa shape index (κ1) is 12.6. The quantitative estimate of drug-likeness (QED) is 0.716. The summed E-state index contributed by atoms with van der Waals surface area (Å²) in [5.74, 6) is 0.561. The summed E-state index contributed by atoms with van der Waals surface area (Å²) >= 11 is 0. The molecule has 1 heterocycles. The van der Waals surface area contributed by atoms with Crippen molar-refractivity contribution in [3.8, 4) is 5.75 Å². The lowest BCUT2D eigenvalue weighted by atomic mass is 10.0. The molecular formula is C17H14FNO. The number of para-hydroxylation sites is 1. The number of halogens is 1.